The highest BCUT2D eigenvalue weighted by atomic mass is 35.5. The Balaban J connectivity index is 1.15. The molecule has 2 fully saturated rings. The van der Waals surface area contributed by atoms with E-state index in [2.05, 4.69) is 15.0 Å². The number of carbonyl (C=O) groups excluding carboxylic acids is 4. The molecule has 0 unspecified atom stereocenters. The highest BCUT2D eigenvalue weighted by Crippen LogP contribution is 2.36. The Labute approximate surface area is 302 Å². The number of imidazole rings is 1. The Morgan fingerprint density at radius 2 is 1.59 bits per heavy atom. The summed E-state index contributed by atoms with van der Waals surface area (Å²) in [4.78, 5) is 61.2. The Morgan fingerprint density at radius 3 is 2.20 bits per heavy atom. The van der Waals surface area contributed by atoms with E-state index in [1.54, 1.807) is 14.7 Å². The molecule has 51 heavy (non-hydrogen) atoms. The second kappa shape index (κ2) is 15.4. The smallest absolute Gasteiger partial charge is 0.410 e. The van der Waals surface area contributed by atoms with Gasteiger partial charge in [0.15, 0.2) is 17.4 Å². The molecule has 3 heterocycles. The van der Waals surface area contributed by atoms with Crippen molar-refractivity contribution in [2.75, 3.05) is 44.6 Å². The molecule has 2 aromatic carbocycles. The van der Waals surface area contributed by atoms with Crippen LogP contribution in [0.5, 0.6) is 5.75 Å². The Hall–Kier alpha value is -4.50. The van der Waals surface area contributed by atoms with Crippen LogP contribution < -0.4 is 10.1 Å². The number of amides is 4. The number of alkyl halides is 2. The predicted octanol–water partition coefficient (Wildman–Crippen LogP) is 6.32. The highest BCUT2D eigenvalue weighted by molar-refractivity contribution is 6.34. The van der Waals surface area contributed by atoms with Crippen LogP contribution in [-0.2, 0) is 16.6 Å². The van der Waals surface area contributed by atoms with Crippen molar-refractivity contribution in [3.63, 3.8) is 0 Å². The third-order valence-corrected chi connectivity index (χ3v) is 9.24. The zero-order valence-electron chi connectivity index (χ0n) is 28.4. The Kier molecular flexibility index (Phi) is 11.4. The highest BCUT2D eigenvalue weighted by Gasteiger charge is 2.34. The minimum absolute atomic E-state index is 0.0107. The van der Waals surface area contributed by atoms with Gasteiger partial charge in [-0.3, -0.25) is 14.4 Å². The molecule has 3 aromatic rings. The average Bonchev–Trinajstić information content (AvgIpc) is 3.46. The molecule has 0 radical (unpaired) electrons. The SMILES string of the molecule is Cn1c(-c2ccc(OC(F)F)c(F)c2Cl)cnc1C(=O)Nc1ccc(C(=O)N2CCN(C(=O)C3CCN(C(=O)OC(C)(C)C)CC3)CC2)c(Cl)c1. The lowest BCUT2D eigenvalue weighted by molar-refractivity contribution is -0.138. The number of anilines is 1. The number of likely N-dealkylation sites (tertiary alicyclic amines) is 1. The van der Waals surface area contributed by atoms with E-state index < -0.39 is 34.7 Å². The van der Waals surface area contributed by atoms with E-state index >= 15 is 0 Å². The summed E-state index contributed by atoms with van der Waals surface area (Å²) in [6.07, 6.45) is 1.98. The summed E-state index contributed by atoms with van der Waals surface area (Å²) in [7, 11) is 1.49. The molecule has 5 rings (SSSR count). The van der Waals surface area contributed by atoms with E-state index in [1.165, 1.54) is 42.1 Å². The van der Waals surface area contributed by atoms with E-state index in [1.807, 2.05) is 20.8 Å². The van der Waals surface area contributed by atoms with Gasteiger partial charge in [0.25, 0.3) is 11.8 Å². The lowest BCUT2D eigenvalue weighted by Crippen LogP contribution is -2.53. The van der Waals surface area contributed by atoms with E-state index in [0.717, 1.165) is 6.07 Å². The zero-order chi connectivity index (χ0) is 37.2. The number of benzene rings is 2. The number of piperazine rings is 1. The van der Waals surface area contributed by atoms with Crippen LogP contribution in [0.15, 0.2) is 36.5 Å². The molecule has 4 amide bonds. The Morgan fingerprint density at radius 1 is 0.941 bits per heavy atom. The second-order valence-electron chi connectivity index (χ2n) is 13.2. The van der Waals surface area contributed by atoms with Crippen LogP contribution in [0.2, 0.25) is 10.0 Å². The minimum atomic E-state index is -3.24. The van der Waals surface area contributed by atoms with E-state index in [4.69, 9.17) is 27.9 Å². The van der Waals surface area contributed by atoms with Gasteiger partial charge in [0.2, 0.25) is 5.91 Å². The van der Waals surface area contributed by atoms with Crippen molar-refractivity contribution in [1.82, 2.24) is 24.3 Å². The molecule has 274 valence electrons. The van der Waals surface area contributed by atoms with E-state index in [0.29, 0.717) is 52.1 Å². The summed E-state index contributed by atoms with van der Waals surface area (Å²) >= 11 is 12.6. The molecule has 1 N–H and O–H groups in total. The molecular formula is C34H37Cl2F3N6O6. The third kappa shape index (κ3) is 8.70. The molecule has 2 aliphatic heterocycles. The van der Waals surface area contributed by atoms with Gasteiger partial charge in [0, 0.05) is 63.5 Å². The van der Waals surface area contributed by atoms with Gasteiger partial charge in [-0.15, -0.1) is 0 Å². The number of rotatable bonds is 7. The van der Waals surface area contributed by atoms with Gasteiger partial charge in [0.05, 0.1) is 27.5 Å². The maximum absolute atomic E-state index is 14.6. The molecule has 0 bridgehead atoms. The number of piperidine rings is 1. The number of hydrogen-bond acceptors (Lipinski definition) is 7. The van der Waals surface area contributed by atoms with E-state index in [9.17, 15) is 32.3 Å². The molecule has 0 spiro atoms. The third-order valence-electron chi connectivity index (χ3n) is 8.56. The van der Waals surface area contributed by atoms with Gasteiger partial charge < -0.3 is 34.1 Å². The van der Waals surface area contributed by atoms with Crippen LogP contribution in [0, 0.1) is 11.7 Å². The van der Waals surface area contributed by atoms with Crippen LogP contribution in [0.4, 0.5) is 23.7 Å². The van der Waals surface area contributed by atoms with Crippen LogP contribution >= 0.6 is 23.2 Å². The molecule has 1 aromatic heterocycles. The van der Waals surface area contributed by atoms with Gasteiger partial charge in [-0.1, -0.05) is 23.2 Å². The first-order valence-electron chi connectivity index (χ1n) is 16.2. The first kappa shape index (κ1) is 37.7. The summed E-state index contributed by atoms with van der Waals surface area (Å²) in [5.74, 6) is -3.15. The number of ether oxygens (including phenoxy) is 2. The van der Waals surface area contributed by atoms with Gasteiger partial charge >= 0.3 is 12.7 Å². The fourth-order valence-corrected chi connectivity index (χ4v) is 6.45. The Bertz CT molecular complexity index is 1820. The topological polar surface area (TPSA) is 126 Å². The molecule has 2 saturated heterocycles. The fraction of sp³-hybridized carbons (Fsp3) is 0.441. The zero-order valence-corrected chi connectivity index (χ0v) is 29.9. The summed E-state index contributed by atoms with van der Waals surface area (Å²) in [6.45, 7) is 4.42. The first-order valence-corrected chi connectivity index (χ1v) is 16.9. The van der Waals surface area contributed by atoms with Crippen LogP contribution in [-0.4, -0.2) is 99.5 Å². The summed E-state index contributed by atoms with van der Waals surface area (Å²) in [5.41, 5.74) is 0.237. The normalized spacial score (nSPS) is 15.6. The fourth-order valence-electron chi connectivity index (χ4n) is 5.93. The number of aromatic nitrogens is 2. The van der Waals surface area contributed by atoms with Crippen molar-refractivity contribution in [3.05, 3.63) is 63.8 Å². The lowest BCUT2D eigenvalue weighted by Gasteiger charge is -2.38. The number of hydrogen-bond donors (Lipinski definition) is 1. The monoisotopic (exact) mass is 752 g/mol. The molecule has 2 aliphatic rings. The minimum Gasteiger partial charge on any atom is -0.444 e. The summed E-state index contributed by atoms with van der Waals surface area (Å²) in [5, 5.41) is 2.27. The molecule has 0 saturated carbocycles. The van der Waals surface area contributed by atoms with Crippen molar-refractivity contribution >= 4 is 52.7 Å². The number of nitrogens with one attached hydrogen (secondary N) is 1. The van der Waals surface area contributed by atoms with Crippen LogP contribution in [0.1, 0.15) is 54.6 Å². The number of nitrogens with zero attached hydrogens (tertiary/aromatic N) is 5. The van der Waals surface area contributed by atoms with Gasteiger partial charge in [0.1, 0.15) is 5.60 Å². The number of carbonyl (C=O) groups is 4. The molecule has 0 atom stereocenters. The van der Waals surface area contributed by atoms with E-state index in [-0.39, 0.29) is 57.2 Å². The second-order valence-corrected chi connectivity index (χ2v) is 13.9. The van der Waals surface area contributed by atoms with Crippen molar-refractivity contribution < 1.29 is 41.8 Å². The molecular weight excluding hydrogens is 716 g/mol. The van der Waals surface area contributed by atoms with Crippen molar-refractivity contribution in [1.29, 1.82) is 0 Å². The van der Waals surface area contributed by atoms with Crippen molar-refractivity contribution in [2.45, 2.75) is 45.8 Å². The van der Waals surface area contributed by atoms with Crippen LogP contribution in [0.25, 0.3) is 11.3 Å². The standard InChI is InChI=1S/C34H37Cl2F3N6O6/c1-34(2,3)51-33(49)45-11-9-19(10-12-45)30(47)43-13-15-44(16-14-43)31(48)21-6-5-20(17-23(21)35)41-29(46)28-40-18-24(42(28)4)22-7-8-25(50-32(38)39)27(37)26(22)36/h5-8,17-19,32H,9-16H2,1-4H3,(H,41,46). The molecule has 0 aliphatic carbocycles. The first-order chi connectivity index (χ1) is 24.0. The molecule has 17 heteroatoms. The number of halogens is 5. The van der Waals surface area contributed by atoms with Gasteiger partial charge in [-0.2, -0.15) is 8.78 Å². The predicted molar refractivity (Wildman–Crippen MR) is 183 cm³/mol. The van der Waals surface area contributed by atoms with Gasteiger partial charge in [-0.25, -0.2) is 14.2 Å². The summed E-state index contributed by atoms with van der Waals surface area (Å²) < 4.78 is 50.6. The average molecular weight is 754 g/mol. The van der Waals surface area contributed by atoms with Crippen LogP contribution in [0.3, 0.4) is 0 Å². The largest absolute Gasteiger partial charge is 0.444 e. The maximum Gasteiger partial charge on any atom is 0.410 e. The van der Waals surface area contributed by atoms with Crippen molar-refractivity contribution in [2.24, 2.45) is 13.0 Å². The maximum atomic E-state index is 14.6. The molecule has 12 nitrogen and oxygen atoms in total. The lowest BCUT2D eigenvalue weighted by atomic mass is 9.95. The van der Waals surface area contributed by atoms with Crippen molar-refractivity contribution in [3.8, 4) is 17.0 Å². The quantitative estimate of drug-likeness (QED) is 0.300. The van der Waals surface area contributed by atoms with Gasteiger partial charge in [-0.05, 0) is 63.9 Å². The summed E-state index contributed by atoms with van der Waals surface area (Å²) in [6, 6.07) is 6.70.